The first-order chi connectivity index (χ1) is 10.5. The van der Waals surface area contributed by atoms with Crippen molar-refractivity contribution in [2.24, 2.45) is 5.10 Å². The first kappa shape index (κ1) is 15.5. The fourth-order valence-electron chi connectivity index (χ4n) is 1.61. The highest BCUT2D eigenvalue weighted by molar-refractivity contribution is 5.78. The molecule has 0 aliphatic carbocycles. The highest BCUT2D eigenvalue weighted by Gasteiger charge is 2.32. The summed E-state index contributed by atoms with van der Waals surface area (Å²) in [6, 6.07) is 2.53. The number of ether oxygens (including phenoxy) is 2. The zero-order valence-electron chi connectivity index (χ0n) is 11.6. The molecule has 2 rings (SSSR count). The maximum absolute atomic E-state index is 11.5. The van der Waals surface area contributed by atoms with Crippen LogP contribution in [-0.2, 0) is 14.3 Å². The highest BCUT2D eigenvalue weighted by Crippen LogP contribution is 2.15. The smallest absolute Gasteiger partial charge is 0.433 e. The number of furan rings is 1. The predicted octanol–water partition coefficient (Wildman–Crippen LogP) is 1.30. The summed E-state index contributed by atoms with van der Waals surface area (Å²) in [6.07, 6.45) is 0.0926. The molecule has 1 atom stereocenters. The number of hydrogen-bond donors (Lipinski definition) is 0. The molecule has 1 aromatic rings. The van der Waals surface area contributed by atoms with Crippen molar-refractivity contribution >= 4 is 24.2 Å². The maximum Gasteiger partial charge on any atom is 0.433 e. The zero-order chi connectivity index (χ0) is 16.1. The molecule has 2 heterocycles. The molecule has 0 aromatic carbocycles. The Morgan fingerprint density at radius 3 is 3.05 bits per heavy atom. The van der Waals surface area contributed by atoms with Gasteiger partial charge in [0.1, 0.15) is 11.5 Å². The van der Waals surface area contributed by atoms with E-state index in [1.54, 1.807) is 6.92 Å². The third kappa shape index (κ3) is 3.81. The van der Waals surface area contributed by atoms with E-state index in [-0.39, 0.29) is 31.3 Å². The SMILES string of the molecule is CCC(=O)OCC1CN(N=Cc2ccc([N+](=O)[O-])o2)C(=O)O1. The van der Waals surface area contributed by atoms with Crippen molar-refractivity contribution in [3.05, 3.63) is 28.0 Å². The minimum atomic E-state index is -0.699. The quantitative estimate of drug-likeness (QED) is 0.335. The van der Waals surface area contributed by atoms with Crippen molar-refractivity contribution in [1.29, 1.82) is 0 Å². The van der Waals surface area contributed by atoms with E-state index in [1.807, 2.05) is 0 Å². The van der Waals surface area contributed by atoms with Crippen molar-refractivity contribution in [3.8, 4) is 0 Å². The van der Waals surface area contributed by atoms with E-state index in [0.717, 1.165) is 11.2 Å². The molecule has 0 N–H and O–H groups in total. The fourth-order valence-corrected chi connectivity index (χ4v) is 1.61. The zero-order valence-corrected chi connectivity index (χ0v) is 11.6. The Bertz CT molecular complexity index is 610. The summed E-state index contributed by atoms with van der Waals surface area (Å²) < 4.78 is 14.7. The van der Waals surface area contributed by atoms with Gasteiger partial charge in [0.15, 0.2) is 11.9 Å². The molecule has 1 saturated heterocycles. The maximum atomic E-state index is 11.5. The molecule has 0 spiro atoms. The third-order valence-corrected chi connectivity index (χ3v) is 2.69. The lowest BCUT2D eigenvalue weighted by Gasteiger charge is -2.07. The van der Waals surface area contributed by atoms with E-state index in [9.17, 15) is 19.7 Å². The van der Waals surface area contributed by atoms with Crippen LogP contribution >= 0.6 is 0 Å². The number of hydrazone groups is 1. The Hall–Kier alpha value is -2.91. The van der Waals surface area contributed by atoms with Gasteiger partial charge < -0.3 is 13.9 Å². The van der Waals surface area contributed by atoms with Gasteiger partial charge in [-0.2, -0.15) is 10.1 Å². The lowest BCUT2D eigenvalue weighted by Crippen LogP contribution is -2.23. The van der Waals surface area contributed by atoms with Crippen LogP contribution in [0.15, 0.2) is 21.7 Å². The molecule has 1 aliphatic rings. The number of amides is 1. The van der Waals surface area contributed by atoms with Gasteiger partial charge in [0.2, 0.25) is 0 Å². The molecule has 10 nitrogen and oxygen atoms in total. The van der Waals surface area contributed by atoms with E-state index in [1.165, 1.54) is 12.1 Å². The number of rotatable bonds is 6. The van der Waals surface area contributed by atoms with E-state index in [4.69, 9.17) is 13.9 Å². The van der Waals surface area contributed by atoms with Crippen molar-refractivity contribution < 1.29 is 28.4 Å². The lowest BCUT2D eigenvalue weighted by atomic mass is 10.4. The Morgan fingerprint density at radius 2 is 2.41 bits per heavy atom. The Labute approximate surface area is 124 Å². The van der Waals surface area contributed by atoms with Crippen molar-refractivity contribution in [2.45, 2.75) is 19.4 Å². The number of carbonyl (C=O) groups is 2. The third-order valence-electron chi connectivity index (χ3n) is 2.69. The molecule has 118 valence electrons. The molecular weight excluding hydrogens is 298 g/mol. The molecule has 0 bridgehead atoms. The monoisotopic (exact) mass is 311 g/mol. The van der Waals surface area contributed by atoms with Gasteiger partial charge >= 0.3 is 17.9 Å². The molecule has 10 heteroatoms. The molecular formula is C12H13N3O7. The van der Waals surface area contributed by atoms with E-state index in [0.29, 0.717) is 0 Å². The number of nitrogens with zero attached hydrogens (tertiary/aromatic N) is 3. The van der Waals surface area contributed by atoms with E-state index >= 15 is 0 Å². The summed E-state index contributed by atoms with van der Waals surface area (Å²) >= 11 is 0. The van der Waals surface area contributed by atoms with Gasteiger partial charge in [-0.15, -0.1) is 0 Å². The van der Waals surface area contributed by atoms with Crippen LogP contribution in [0.1, 0.15) is 19.1 Å². The topological polar surface area (TPSA) is 124 Å². The van der Waals surface area contributed by atoms with E-state index < -0.39 is 23.0 Å². The van der Waals surface area contributed by atoms with Crippen LogP contribution in [-0.4, -0.2) is 47.5 Å². The second kappa shape index (κ2) is 6.70. The summed E-state index contributed by atoms with van der Waals surface area (Å²) in [5.41, 5.74) is 0. The average molecular weight is 311 g/mol. The van der Waals surface area contributed by atoms with Crippen LogP contribution in [0.5, 0.6) is 0 Å². The van der Waals surface area contributed by atoms with Crippen LogP contribution in [0.25, 0.3) is 0 Å². The summed E-state index contributed by atoms with van der Waals surface area (Å²) in [5, 5.41) is 15.3. The Kier molecular flexibility index (Phi) is 4.71. The van der Waals surface area contributed by atoms with Gasteiger partial charge in [-0.3, -0.25) is 14.9 Å². The standard InChI is InChI=1S/C12H13N3O7/c1-2-11(16)20-7-9-6-14(12(17)22-9)13-5-8-3-4-10(21-8)15(18)19/h3-5,9H,2,6-7H2,1H3. The minimum Gasteiger partial charge on any atom is -0.462 e. The summed E-state index contributed by atoms with van der Waals surface area (Å²) in [6.45, 7) is 1.72. The van der Waals surface area contributed by atoms with Crippen LogP contribution in [0.3, 0.4) is 0 Å². The van der Waals surface area contributed by atoms with Crippen molar-refractivity contribution in [3.63, 3.8) is 0 Å². The number of esters is 1. The summed E-state index contributed by atoms with van der Waals surface area (Å²) in [5.74, 6) is -0.684. The lowest BCUT2D eigenvalue weighted by molar-refractivity contribution is -0.402. The van der Waals surface area contributed by atoms with Crippen LogP contribution in [0.4, 0.5) is 10.7 Å². The summed E-state index contributed by atoms with van der Waals surface area (Å²) in [7, 11) is 0. The first-order valence-corrected chi connectivity index (χ1v) is 6.41. The van der Waals surface area contributed by atoms with Gasteiger partial charge in [0.05, 0.1) is 18.8 Å². The second-order valence-corrected chi connectivity index (χ2v) is 4.30. The van der Waals surface area contributed by atoms with Gasteiger partial charge in [-0.1, -0.05) is 6.92 Å². The molecule has 1 unspecified atom stereocenters. The summed E-state index contributed by atoms with van der Waals surface area (Å²) in [4.78, 5) is 32.4. The van der Waals surface area contributed by atoms with Crippen molar-refractivity contribution in [2.75, 3.05) is 13.2 Å². The van der Waals surface area contributed by atoms with Gasteiger partial charge in [0, 0.05) is 6.42 Å². The fraction of sp³-hybridized carbons (Fsp3) is 0.417. The largest absolute Gasteiger partial charge is 0.462 e. The molecule has 1 amide bonds. The molecule has 1 aliphatic heterocycles. The highest BCUT2D eigenvalue weighted by atomic mass is 16.6. The van der Waals surface area contributed by atoms with Crippen molar-refractivity contribution in [1.82, 2.24) is 5.01 Å². The molecule has 22 heavy (non-hydrogen) atoms. The first-order valence-electron chi connectivity index (χ1n) is 6.41. The van der Waals surface area contributed by atoms with Gasteiger partial charge in [-0.25, -0.2) is 4.79 Å². The molecule has 1 fully saturated rings. The average Bonchev–Trinajstić information content (AvgIpc) is 3.09. The van der Waals surface area contributed by atoms with Crippen LogP contribution in [0.2, 0.25) is 0 Å². The van der Waals surface area contributed by atoms with Gasteiger partial charge in [0.25, 0.3) is 0 Å². The van der Waals surface area contributed by atoms with Crippen LogP contribution in [0, 0.1) is 10.1 Å². The molecule has 0 radical (unpaired) electrons. The molecule has 1 aromatic heterocycles. The van der Waals surface area contributed by atoms with Gasteiger partial charge in [-0.05, 0) is 6.07 Å². The normalized spacial score (nSPS) is 17.8. The van der Waals surface area contributed by atoms with E-state index in [2.05, 4.69) is 5.10 Å². The number of nitro groups is 1. The Balaban J connectivity index is 1.89. The minimum absolute atomic E-state index is 0.0450. The molecule has 0 saturated carbocycles. The predicted molar refractivity (Wildman–Crippen MR) is 71.2 cm³/mol. The number of hydrogen-bond acceptors (Lipinski definition) is 8. The number of carbonyl (C=O) groups excluding carboxylic acids is 2. The number of cyclic esters (lactones) is 1. The Morgan fingerprint density at radius 1 is 1.64 bits per heavy atom. The second-order valence-electron chi connectivity index (χ2n) is 4.30. The van der Waals surface area contributed by atoms with Crippen LogP contribution < -0.4 is 0 Å².